The highest BCUT2D eigenvalue weighted by Crippen LogP contribution is 2.13. The van der Waals surface area contributed by atoms with E-state index in [1.54, 1.807) is 7.11 Å². The van der Waals surface area contributed by atoms with Gasteiger partial charge >= 0.3 is 0 Å². The fraction of sp³-hybridized carbons (Fsp3) is 0.421. The third kappa shape index (κ3) is 6.36. The maximum Gasteiger partial charge on any atom is 0.191 e. The van der Waals surface area contributed by atoms with Gasteiger partial charge in [-0.3, -0.25) is 4.99 Å². The Hall–Kier alpha value is -2.43. The van der Waals surface area contributed by atoms with Crippen LogP contribution in [0.1, 0.15) is 18.9 Å². The Balaban J connectivity index is 1.73. The van der Waals surface area contributed by atoms with Crippen molar-refractivity contribution in [2.75, 3.05) is 26.7 Å². The van der Waals surface area contributed by atoms with Gasteiger partial charge in [-0.25, -0.2) is 0 Å². The Morgan fingerprint density at radius 3 is 2.75 bits per heavy atom. The summed E-state index contributed by atoms with van der Waals surface area (Å²) in [6, 6.07) is 12.3. The minimum absolute atomic E-state index is 0.802. The molecule has 130 valence electrons. The van der Waals surface area contributed by atoms with Crippen LogP contribution in [0.5, 0.6) is 5.75 Å². The molecule has 2 N–H and O–H groups in total. The lowest BCUT2D eigenvalue weighted by atomic mass is 10.1. The molecule has 0 saturated heterocycles. The minimum atomic E-state index is 0.802. The van der Waals surface area contributed by atoms with E-state index in [-0.39, 0.29) is 0 Å². The van der Waals surface area contributed by atoms with Crippen molar-refractivity contribution < 1.29 is 4.74 Å². The molecular weight excluding hydrogens is 300 g/mol. The molecule has 5 heteroatoms. The van der Waals surface area contributed by atoms with Gasteiger partial charge < -0.3 is 19.9 Å². The monoisotopic (exact) mass is 328 g/mol. The molecule has 0 fully saturated rings. The first-order valence-corrected chi connectivity index (χ1v) is 8.57. The van der Waals surface area contributed by atoms with E-state index in [4.69, 9.17) is 4.74 Å². The number of aliphatic imine (C=N–C) groups is 1. The standard InChI is InChI=1S/C19H28N4O/c1-3-20-19(22-12-15-23-13-4-5-14-23)21-11-7-9-17-8-6-10-18(16-17)24-2/h4-6,8,10,13-14,16H,3,7,9,11-12,15H2,1-2H3,(H2,20,21,22). The zero-order chi connectivity index (χ0) is 17.0. The highest BCUT2D eigenvalue weighted by atomic mass is 16.5. The van der Waals surface area contributed by atoms with E-state index in [1.807, 2.05) is 24.3 Å². The Morgan fingerprint density at radius 1 is 1.17 bits per heavy atom. The SMILES string of the molecule is CCNC(=NCCCc1cccc(OC)c1)NCCn1cccc1. The Labute approximate surface area is 144 Å². The molecule has 0 unspecified atom stereocenters. The lowest BCUT2D eigenvalue weighted by Gasteiger charge is -2.11. The van der Waals surface area contributed by atoms with Crippen LogP contribution in [0.4, 0.5) is 0 Å². The van der Waals surface area contributed by atoms with Crippen molar-refractivity contribution in [3.63, 3.8) is 0 Å². The molecule has 0 bridgehead atoms. The molecule has 0 aliphatic rings. The predicted octanol–water partition coefficient (Wildman–Crippen LogP) is 2.68. The summed E-state index contributed by atoms with van der Waals surface area (Å²) in [7, 11) is 1.70. The predicted molar refractivity (Wildman–Crippen MR) is 99.7 cm³/mol. The lowest BCUT2D eigenvalue weighted by molar-refractivity contribution is 0.414. The maximum absolute atomic E-state index is 5.26. The normalized spacial score (nSPS) is 11.3. The number of methoxy groups -OCH3 is 1. The fourth-order valence-electron chi connectivity index (χ4n) is 2.47. The van der Waals surface area contributed by atoms with E-state index in [9.17, 15) is 0 Å². The number of aryl methyl sites for hydroxylation is 1. The maximum atomic E-state index is 5.26. The number of rotatable bonds is 9. The number of hydrogen-bond acceptors (Lipinski definition) is 2. The van der Waals surface area contributed by atoms with Gasteiger partial charge in [-0.2, -0.15) is 0 Å². The Morgan fingerprint density at radius 2 is 2.00 bits per heavy atom. The molecule has 1 aromatic heterocycles. The first kappa shape index (κ1) is 17.9. The molecule has 0 amide bonds. The third-order valence-electron chi connectivity index (χ3n) is 3.70. The van der Waals surface area contributed by atoms with Crippen LogP contribution >= 0.6 is 0 Å². The van der Waals surface area contributed by atoms with Crippen molar-refractivity contribution in [2.45, 2.75) is 26.3 Å². The van der Waals surface area contributed by atoms with Crippen LogP contribution in [-0.4, -0.2) is 37.3 Å². The average molecular weight is 328 g/mol. The summed E-state index contributed by atoms with van der Waals surface area (Å²) >= 11 is 0. The third-order valence-corrected chi connectivity index (χ3v) is 3.70. The van der Waals surface area contributed by atoms with Crippen molar-refractivity contribution in [1.29, 1.82) is 0 Å². The van der Waals surface area contributed by atoms with E-state index >= 15 is 0 Å². The zero-order valence-corrected chi connectivity index (χ0v) is 14.7. The zero-order valence-electron chi connectivity index (χ0n) is 14.7. The second-order valence-electron chi connectivity index (χ2n) is 5.56. The molecule has 0 atom stereocenters. The van der Waals surface area contributed by atoms with Gasteiger partial charge in [0, 0.05) is 38.6 Å². The van der Waals surface area contributed by atoms with E-state index < -0.39 is 0 Å². The number of nitrogens with one attached hydrogen (secondary N) is 2. The molecule has 5 nitrogen and oxygen atoms in total. The number of benzene rings is 1. The smallest absolute Gasteiger partial charge is 0.191 e. The average Bonchev–Trinajstić information content (AvgIpc) is 3.12. The van der Waals surface area contributed by atoms with Gasteiger partial charge in [0.25, 0.3) is 0 Å². The topological polar surface area (TPSA) is 50.6 Å². The number of aromatic nitrogens is 1. The van der Waals surface area contributed by atoms with Crippen LogP contribution in [0.15, 0.2) is 53.8 Å². The van der Waals surface area contributed by atoms with Gasteiger partial charge in [0.05, 0.1) is 7.11 Å². The minimum Gasteiger partial charge on any atom is -0.497 e. The van der Waals surface area contributed by atoms with Gasteiger partial charge in [-0.15, -0.1) is 0 Å². The summed E-state index contributed by atoms with van der Waals surface area (Å²) in [6.45, 7) is 5.54. The summed E-state index contributed by atoms with van der Waals surface area (Å²) in [5.74, 6) is 1.80. The molecule has 2 aromatic rings. The summed E-state index contributed by atoms with van der Waals surface area (Å²) in [6.07, 6.45) is 6.16. The van der Waals surface area contributed by atoms with E-state index in [1.165, 1.54) is 5.56 Å². The molecule has 0 aliphatic carbocycles. The number of hydrogen-bond donors (Lipinski definition) is 2. The second kappa shape index (κ2) is 10.4. The quantitative estimate of drug-likeness (QED) is 0.423. The van der Waals surface area contributed by atoms with Gasteiger partial charge in [-0.1, -0.05) is 12.1 Å². The first-order chi connectivity index (χ1) is 11.8. The van der Waals surface area contributed by atoms with Crippen molar-refractivity contribution in [2.24, 2.45) is 4.99 Å². The van der Waals surface area contributed by atoms with Crippen LogP contribution in [0.2, 0.25) is 0 Å². The van der Waals surface area contributed by atoms with E-state index in [0.29, 0.717) is 0 Å². The molecule has 24 heavy (non-hydrogen) atoms. The molecule has 1 aromatic carbocycles. The van der Waals surface area contributed by atoms with Gasteiger partial charge in [0.15, 0.2) is 5.96 Å². The second-order valence-corrected chi connectivity index (χ2v) is 5.56. The largest absolute Gasteiger partial charge is 0.497 e. The molecular formula is C19H28N4O. The number of guanidine groups is 1. The summed E-state index contributed by atoms with van der Waals surface area (Å²) in [5.41, 5.74) is 1.29. The molecule has 0 aliphatic heterocycles. The summed E-state index contributed by atoms with van der Waals surface area (Å²) in [4.78, 5) is 4.64. The van der Waals surface area contributed by atoms with Crippen LogP contribution in [0, 0.1) is 0 Å². The van der Waals surface area contributed by atoms with Crippen molar-refractivity contribution in [3.05, 3.63) is 54.4 Å². The highest BCUT2D eigenvalue weighted by molar-refractivity contribution is 5.79. The molecule has 2 rings (SSSR count). The van der Waals surface area contributed by atoms with Gasteiger partial charge in [0.1, 0.15) is 5.75 Å². The first-order valence-electron chi connectivity index (χ1n) is 8.57. The number of nitrogens with zero attached hydrogens (tertiary/aromatic N) is 2. The van der Waals surface area contributed by atoms with Crippen LogP contribution < -0.4 is 15.4 Å². The van der Waals surface area contributed by atoms with Crippen LogP contribution in [-0.2, 0) is 13.0 Å². The van der Waals surface area contributed by atoms with E-state index in [0.717, 1.165) is 50.7 Å². The molecule has 0 saturated carbocycles. The number of ether oxygens (including phenoxy) is 1. The molecule has 1 heterocycles. The van der Waals surface area contributed by atoms with E-state index in [2.05, 4.69) is 51.6 Å². The van der Waals surface area contributed by atoms with Gasteiger partial charge in [-0.05, 0) is 49.6 Å². The van der Waals surface area contributed by atoms with Gasteiger partial charge in [0.2, 0.25) is 0 Å². The lowest BCUT2D eigenvalue weighted by Crippen LogP contribution is -2.38. The molecule has 0 radical (unpaired) electrons. The summed E-state index contributed by atoms with van der Waals surface area (Å²) in [5, 5.41) is 6.66. The van der Waals surface area contributed by atoms with Crippen molar-refractivity contribution >= 4 is 5.96 Å². The van der Waals surface area contributed by atoms with Crippen LogP contribution in [0.25, 0.3) is 0 Å². The summed E-state index contributed by atoms with van der Waals surface area (Å²) < 4.78 is 7.41. The Bertz CT molecular complexity index is 608. The van der Waals surface area contributed by atoms with Crippen LogP contribution in [0.3, 0.4) is 0 Å². The molecule has 0 spiro atoms. The Kier molecular flexibility index (Phi) is 7.74. The van der Waals surface area contributed by atoms with Crippen molar-refractivity contribution in [3.8, 4) is 5.75 Å². The fourth-order valence-corrected chi connectivity index (χ4v) is 2.47. The highest BCUT2D eigenvalue weighted by Gasteiger charge is 1.98. The van der Waals surface area contributed by atoms with Crippen molar-refractivity contribution in [1.82, 2.24) is 15.2 Å².